The number of aromatic hydroxyl groups is 5. The van der Waals surface area contributed by atoms with E-state index >= 15 is 0 Å². The highest BCUT2D eigenvalue weighted by atomic mass is 32.1. The summed E-state index contributed by atoms with van der Waals surface area (Å²) in [5, 5.41) is 70.0. The van der Waals surface area contributed by atoms with E-state index in [4.69, 9.17) is 4.42 Å². The van der Waals surface area contributed by atoms with Crippen LogP contribution in [0.3, 0.4) is 0 Å². The van der Waals surface area contributed by atoms with Crippen LogP contribution in [0, 0.1) is 0 Å². The van der Waals surface area contributed by atoms with Gasteiger partial charge >= 0.3 is 0 Å². The Hall–Kier alpha value is -9.24. The van der Waals surface area contributed by atoms with Crippen LogP contribution in [0.5, 0.6) is 28.7 Å². The van der Waals surface area contributed by atoms with Gasteiger partial charge in [0.25, 0.3) is 0 Å². The van der Waals surface area contributed by atoms with Gasteiger partial charge in [-0.1, -0.05) is 127 Å². The smallest absolute Gasteiger partial charge is 0.208 e. The van der Waals surface area contributed by atoms with E-state index in [-0.39, 0.29) is 5.69 Å². The zero-order valence-corrected chi connectivity index (χ0v) is 37.8. The van der Waals surface area contributed by atoms with Crippen molar-refractivity contribution < 1.29 is 29.9 Å². The first kappa shape index (κ1) is 39.9. The monoisotopic (exact) mass is 923 g/mol. The number of hydrogen-bond acceptors (Lipinski definition) is 8. The lowest BCUT2D eigenvalue weighted by Crippen LogP contribution is -2.11. The van der Waals surface area contributed by atoms with E-state index in [1.54, 1.807) is 16.2 Å². The second-order valence-electron chi connectivity index (χ2n) is 18.0. The zero-order valence-electron chi connectivity index (χ0n) is 37.0. The van der Waals surface area contributed by atoms with E-state index in [2.05, 4.69) is 121 Å². The SMILES string of the molecule is Oc1c(O)c(O)c(N(c2ccc3cc(-c4ccc5sc6ccc7ccccc7c6c5c4)ccc3c2)c2ccc3cc(-c4cc5c6ccc7ccccc7c6oc5c5ccccc45)ccc3c2)c(O)c1O. The van der Waals surface area contributed by atoms with E-state index < -0.39 is 28.7 Å². The number of furan rings is 1. The number of hydrogen-bond donors (Lipinski definition) is 5. The average molecular weight is 924 g/mol. The molecule has 0 unspecified atom stereocenters. The standard InChI is InChI=1S/C62H37NO6S/c64-56-55(57(65)59(67)60(68)58(56)66)63(42-22-17-36-27-35(13-14-38(36)29-42)40-21-25-52-51(31-40)54-44-9-3-1-7-33(44)20-26-53(54)70-52)43-23-18-37-28-41(16-15-39(37)30-43)49-32-50-48-24-19-34-8-2-4-10-45(34)61(48)69-62(50)47-12-6-5-11-46(47)49/h1-32,64-68H. The molecule has 332 valence electrons. The molecule has 8 heteroatoms. The predicted octanol–water partition coefficient (Wildman–Crippen LogP) is 17.1. The average Bonchev–Trinajstić information content (AvgIpc) is 3.99. The quantitative estimate of drug-likeness (QED) is 0.0862. The van der Waals surface area contributed by atoms with Crippen LogP contribution in [-0.4, -0.2) is 25.5 Å². The van der Waals surface area contributed by atoms with E-state index in [9.17, 15) is 25.5 Å². The second kappa shape index (κ2) is 14.9. The first-order chi connectivity index (χ1) is 34.3. The van der Waals surface area contributed by atoms with Crippen LogP contribution in [-0.2, 0) is 0 Å². The Morgan fingerprint density at radius 1 is 0.329 bits per heavy atom. The molecule has 0 aliphatic carbocycles. The highest BCUT2D eigenvalue weighted by Gasteiger charge is 2.29. The summed E-state index contributed by atoms with van der Waals surface area (Å²) in [6.45, 7) is 0. The van der Waals surface area contributed by atoms with Crippen LogP contribution in [0.4, 0.5) is 17.1 Å². The van der Waals surface area contributed by atoms with Gasteiger partial charge in [-0.25, -0.2) is 0 Å². The fraction of sp³-hybridized carbons (Fsp3) is 0. The molecule has 0 saturated carbocycles. The van der Waals surface area contributed by atoms with Gasteiger partial charge in [0.1, 0.15) is 16.9 Å². The largest absolute Gasteiger partial charge is 0.503 e. The van der Waals surface area contributed by atoms with Crippen LogP contribution < -0.4 is 4.90 Å². The number of anilines is 3. The zero-order chi connectivity index (χ0) is 46.9. The summed E-state index contributed by atoms with van der Waals surface area (Å²) >= 11 is 1.80. The number of rotatable bonds is 5. The number of phenolic OH excluding ortho intramolecular Hbond substituents is 5. The van der Waals surface area contributed by atoms with Gasteiger partial charge in [0.2, 0.25) is 17.2 Å². The van der Waals surface area contributed by atoms with Crippen LogP contribution in [0.1, 0.15) is 0 Å². The molecule has 70 heavy (non-hydrogen) atoms. The van der Waals surface area contributed by atoms with Crippen LogP contribution >= 0.6 is 11.3 Å². The molecule has 14 rings (SSSR count). The molecule has 0 amide bonds. The molecule has 2 aromatic heterocycles. The molecule has 0 aliphatic rings. The molecule has 0 saturated heterocycles. The van der Waals surface area contributed by atoms with Crippen molar-refractivity contribution in [3.63, 3.8) is 0 Å². The third-order valence-corrected chi connectivity index (χ3v) is 15.2. The molecule has 0 atom stereocenters. The van der Waals surface area contributed by atoms with Gasteiger partial charge in [-0.15, -0.1) is 11.3 Å². The van der Waals surface area contributed by atoms with Gasteiger partial charge in [-0.3, -0.25) is 0 Å². The molecular weight excluding hydrogens is 887 g/mol. The lowest BCUT2D eigenvalue weighted by atomic mass is 9.93. The Balaban J connectivity index is 0.882. The van der Waals surface area contributed by atoms with Gasteiger partial charge < -0.3 is 34.8 Å². The van der Waals surface area contributed by atoms with E-state index in [0.717, 1.165) is 87.3 Å². The van der Waals surface area contributed by atoms with Crippen molar-refractivity contribution in [3.05, 3.63) is 194 Å². The van der Waals surface area contributed by atoms with Crippen molar-refractivity contribution in [2.45, 2.75) is 0 Å². The Labute approximate surface area is 402 Å². The highest BCUT2D eigenvalue weighted by Crippen LogP contribution is 2.58. The van der Waals surface area contributed by atoms with Gasteiger partial charge in [-0.05, 0) is 132 Å². The third kappa shape index (κ3) is 5.87. The molecule has 14 aromatic rings. The van der Waals surface area contributed by atoms with Gasteiger partial charge in [0, 0.05) is 53.1 Å². The second-order valence-corrected chi connectivity index (χ2v) is 19.1. The lowest BCUT2D eigenvalue weighted by Gasteiger charge is -2.28. The predicted molar refractivity (Wildman–Crippen MR) is 288 cm³/mol. The summed E-state index contributed by atoms with van der Waals surface area (Å²) in [5.41, 5.74) is 6.66. The van der Waals surface area contributed by atoms with Gasteiger partial charge in [0.15, 0.2) is 11.5 Å². The van der Waals surface area contributed by atoms with Gasteiger partial charge in [0.05, 0.1) is 0 Å². The number of benzene rings is 12. The fourth-order valence-electron chi connectivity index (χ4n) is 10.7. The third-order valence-electron chi connectivity index (χ3n) is 14.1. The van der Waals surface area contributed by atoms with E-state index in [1.165, 1.54) is 30.9 Å². The minimum absolute atomic E-state index is 0.302. The van der Waals surface area contributed by atoms with Crippen molar-refractivity contribution in [2.24, 2.45) is 0 Å². The first-order valence-corrected chi connectivity index (χ1v) is 23.7. The van der Waals surface area contributed by atoms with Gasteiger partial charge in [-0.2, -0.15) is 0 Å². The van der Waals surface area contributed by atoms with Crippen molar-refractivity contribution in [2.75, 3.05) is 4.90 Å². The van der Waals surface area contributed by atoms with Crippen LogP contribution in [0.2, 0.25) is 0 Å². The Bertz CT molecular complexity index is 4540. The first-order valence-electron chi connectivity index (χ1n) is 22.9. The fourth-order valence-corrected chi connectivity index (χ4v) is 11.8. The minimum atomic E-state index is -1.03. The summed E-state index contributed by atoms with van der Waals surface area (Å²) in [4.78, 5) is 1.57. The molecule has 5 N–H and O–H groups in total. The molecule has 0 fully saturated rings. The molecule has 0 aliphatic heterocycles. The Kier molecular flexibility index (Phi) is 8.48. The molecular formula is C62H37NO6S. The van der Waals surface area contributed by atoms with E-state index in [1.807, 2.05) is 72.8 Å². The number of nitrogens with zero attached hydrogens (tertiary/aromatic N) is 1. The van der Waals surface area contributed by atoms with Crippen LogP contribution in [0.15, 0.2) is 199 Å². The number of phenols is 5. The Morgan fingerprint density at radius 2 is 0.814 bits per heavy atom. The maximum absolute atomic E-state index is 11.4. The van der Waals surface area contributed by atoms with Crippen LogP contribution in [0.25, 0.3) is 118 Å². The lowest BCUT2D eigenvalue weighted by molar-refractivity contribution is 0.329. The summed E-state index contributed by atoms with van der Waals surface area (Å²) in [6.07, 6.45) is 0. The summed E-state index contributed by atoms with van der Waals surface area (Å²) in [7, 11) is 0. The molecule has 0 bridgehead atoms. The molecule has 0 radical (unpaired) electrons. The maximum Gasteiger partial charge on any atom is 0.208 e. The summed E-state index contributed by atoms with van der Waals surface area (Å²) in [5.74, 6) is -4.55. The molecule has 0 spiro atoms. The highest BCUT2D eigenvalue weighted by molar-refractivity contribution is 7.26. The molecule has 7 nitrogen and oxygen atoms in total. The summed E-state index contributed by atoms with van der Waals surface area (Å²) in [6, 6.07) is 66.7. The maximum atomic E-state index is 11.4. The normalized spacial score (nSPS) is 12.0. The van der Waals surface area contributed by atoms with Crippen molar-refractivity contribution in [3.8, 4) is 51.0 Å². The van der Waals surface area contributed by atoms with Crippen molar-refractivity contribution in [1.82, 2.24) is 0 Å². The number of fused-ring (bicyclic) bond motifs is 14. The van der Waals surface area contributed by atoms with E-state index in [0.29, 0.717) is 11.4 Å². The van der Waals surface area contributed by atoms with Crippen molar-refractivity contribution >= 4 is 124 Å². The molecule has 2 heterocycles. The minimum Gasteiger partial charge on any atom is -0.503 e. The summed E-state index contributed by atoms with van der Waals surface area (Å²) < 4.78 is 9.17. The topological polar surface area (TPSA) is 118 Å². The molecule has 12 aromatic carbocycles. The number of thiophene rings is 1. The Morgan fingerprint density at radius 3 is 1.54 bits per heavy atom. The van der Waals surface area contributed by atoms with Crippen molar-refractivity contribution in [1.29, 1.82) is 0 Å².